The maximum atomic E-state index is 12.2. The van der Waals surface area contributed by atoms with Crippen LogP contribution in [0.1, 0.15) is 52.5 Å². The number of rotatable bonds is 3. The highest BCUT2D eigenvalue weighted by molar-refractivity contribution is 6.38. The van der Waals surface area contributed by atoms with E-state index >= 15 is 0 Å². The number of alkyl carbamates (subject to hydrolysis) is 1. The van der Waals surface area contributed by atoms with Crippen molar-refractivity contribution >= 4 is 45.6 Å². The first-order chi connectivity index (χ1) is 16.2. The normalized spacial score (nSPS) is 18.9. The van der Waals surface area contributed by atoms with Gasteiger partial charge in [0.25, 0.3) is 0 Å². The first-order valence-corrected chi connectivity index (χ1v) is 11.7. The molecule has 1 amide bonds. The molecule has 0 unspecified atom stereocenters. The van der Waals surface area contributed by atoms with Gasteiger partial charge in [0.2, 0.25) is 0 Å². The number of amides is 1. The molecule has 0 saturated heterocycles. The van der Waals surface area contributed by atoms with Crippen molar-refractivity contribution in [2.45, 2.75) is 64.1 Å². The van der Waals surface area contributed by atoms with E-state index in [1.807, 2.05) is 37.6 Å². The largest absolute Gasteiger partial charge is 0.444 e. The third-order valence-corrected chi connectivity index (χ3v) is 6.42. The summed E-state index contributed by atoms with van der Waals surface area (Å²) < 4.78 is 7.31. The SMILES string of the molecule is CC(C)(C)OC(=O)NC1CCC(n2nc(-c3[nH]c4ncccc4c3Cl)c3c(N)ncnc32)CC1. The van der Waals surface area contributed by atoms with Crippen molar-refractivity contribution in [2.24, 2.45) is 0 Å². The van der Waals surface area contributed by atoms with E-state index in [9.17, 15) is 4.79 Å². The molecular formula is C23H27ClN8O2. The average Bonchev–Trinajstić information content (AvgIpc) is 3.32. The van der Waals surface area contributed by atoms with Crippen LogP contribution in [0.4, 0.5) is 10.6 Å². The number of aromatic nitrogens is 6. The number of anilines is 1. The van der Waals surface area contributed by atoms with E-state index in [0.29, 0.717) is 38.9 Å². The van der Waals surface area contributed by atoms with E-state index in [4.69, 9.17) is 27.2 Å². The van der Waals surface area contributed by atoms with Gasteiger partial charge in [0.1, 0.15) is 29.1 Å². The molecule has 1 aliphatic rings. The fraction of sp³-hybridized carbons (Fsp3) is 0.435. The molecule has 0 bridgehead atoms. The van der Waals surface area contributed by atoms with Gasteiger partial charge in [-0.2, -0.15) is 5.10 Å². The van der Waals surface area contributed by atoms with Crippen LogP contribution in [0.3, 0.4) is 0 Å². The summed E-state index contributed by atoms with van der Waals surface area (Å²) in [5, 5.41) is 9.89. The number of nitrogens with two attached hydrogens (primary N) is 1. The van der Waals surface area contributed by atoms with E-state index in [-0.39, 0.29) is 18.2 Å². The van der Waals surface area contributed by atoms with Gasteiger partial charge in [-0.1, -0.05) is 11.6 Å². The molecule has 0 spiro atoms. The Morgan fingerprint density at radius 2 is 2.00 bits per heavy atom. The van der Waals surface area contributed by atoms with Gasteiger partial charge in [0, 0.05) is 17.6 Å². The van der Waals surface area contributed by atoms with Crippen LogP contribution >= 0.6 is 11.6 Å². The van der Waals surface area contributed by atoms with Gasteiger partial charge in [0.15, 0.2) is 5.65 Å². The molecule has 0 radical (unpaired) electrons. The molecule has 11 heteroatoms. The Morgan fingerprint density at radius 1 is 1.24 bits per heavy atom. The highest BCUT2D eigenvalue weighted by Gasteiger charge is 2.29. The first kappa shape index (κ1) is 22.4. The summed E-state index contributed by atoms with van der Waals surface area (Å²) in [6.45, 7) is 5.56. The minimum Gasteiger partial charge on any atom is -0.444 e. The number of fused-ring (bicyclic) bond motifs is 2. The molecule has 4 heterocycles. The zero-order chi connectivity index (χ0) is 24.0. The van der Waals surface area contributed by atoms with Crippen LogP contribution < -0.4 is 11.1 Å². The van der Waals surface area contributed by atoms with Crippen LogP contribution in [0.15, 0.2) is 24.7 Å². The Morgan fingerprint density at radius 3 is 2.71 bits per heavy atom. The Kier molecular flexibility index (Phi) is 5.55. The Labute approximate surface area is 201 Å². The van der Waals surface area contributed by atoms with Gasteiger partial charge >= 0.3 is 6.09 Å². The van der Waals surface area contributed by atoms with Crippen molar-refractivity contribution in [3.8, 4) is 11.4 Å². The van der Waals surface area contributed by atoms with Gasteiger partial charge in [-0.15, -0.1) is 0 Å². The summed E-state index contributed by atoms with van der Waals surface area (Å²) >= 11 is 6.70. The summed E-state index contributed by atoms with van der Waals surface area (Å²) in [4.78, 5) is 28.5. The molecule has 4 aromatic rings. The van der Waals surface area contributed by atoms with E-state index < -0.39 is 5.60 Å². The number of nitrogens with zero attached hydrogens (tertiary/aromatic N) is 5. The van der Waals surface area contributed by atoms with Gasteiger partial charge < -0.3 is 20.8 Å². The van der Waals surface area contributed by atoms with Crippen LogP contribution in [0.2, 0.25) is 5.02 Å². The minimum absolute atomic E-state index is 0.0568. The van der Waals surface area contributed by atoms with Gasteiger partial charge in [0.05, 0.1) is 22.1 Å². The highest BCUT2D eigenvalue weighted by Crippen LogP contribution is 2.39. The standard InChI is InChI=1S/C23H27ClN8O2/c1-23(2,3)34-22(33)29-12-6-8-13(9-7-12)32-21-15(19(25)27-11-28-21)17(31-32)18-16(24)14-5-4-10-26-20(14)30-18/h4-5,10-13H,6-9H2,1-3H3,(H,26,30)(H,29,33)(H2,25,27,28). The monoisotopic (exact) mass is 482 g/mol. The van der Waals surface area contributed by atoms with E-state index in [1.54, 1.807) is 6.20 Å². The van der Waals surface area contributed by atoms with Crippen molar-refractivity contribution < 1.29 is 9.53 Å². The fourth-order valence-electron chi connectivity index (χ4n) is 4.52. The van der Waals surface area contributed by atoms with Gasteiger partial charge in [-0.05, 0) is 58.6 Å². The molecule has 0 aromatic carbocycles. The number of halogens is 1. The lowest BCUT2D eigenvalue weighted by molar-refractivity contribution is 0.0487. The average molecular weight is 483 g/mol. The molecule has 0 aliphatic heterocycles. The van der Waals surface area contributed by atoms with Gasteiger partial charge in [-0.3, -0.25) is 0 Å². The zero-order valence-corrected chi connectivity index (χ0v) is 20.1. The molecular weight excluding hydrogens is 456 g/mol. The number of pyridine rings is 1. The van der Waals surface area contributed by atoms with Crippen LogP contribution in [0.5, 0.6) is 0 Å². The second kappa shape index (κ2) is 8.43. The number of nitrogen functional groups attached to an aromatic ring is 1. The summed E-state index contributed by atoms with van der Waals surface area (Å²) in [6, 6.07) is 3.90. The summed E-state index contributed by atoms with van der Waals surface area (Å²) in [7, 11) is 0. The predicted molar refractivity (Wildman–Crippen MR) is 130 cm³/mol. The van der Waals surface area contributed by atoms with Crippen molar-refractivity contribution in [1.29, 1.82) is 0 Å². The number of carbonyl (C=O) groups is 1. The number of H-pyrrole nitrogens is 1. The fourth-order valence-corrected chi connectivity index (χ4v) is 4.81. The van der Waals surface area contributed by atoms with Crippen molar-refractivity contribution in [3.63, 3.8) is 0 Å². The van der Waals surface area contributed by atoms with Crippen LogP contribution in [-0.4, -0.2) is 47.5 Å². The second-order valence-corrected chi connectivity index (χ2v) is 9.99. The summed E-state index contributed by atoms with van der Waals surface area (Å²) in [5.41, 5.74) is 8.33. The maximum absolute atomic E-state index is 12.2. The van der Waals surface area contributed by atoms with Crippen molar-refractivity contribution in [2.75, 3.05) is 5.73 Å². The minimum atomic E-state index is -0.523. The quantitative estimate of drug-likeness (QED) is 0.387. The number of hydrogen-bond acceptors (Lipinski definition) is 7. The number of nitrogens with one attached hydrogen (secondary N) is 2. The van der Waals surface area contributed by atoms with E-state index in [2.05, 4.69) is 25.3 Å². The molecule has 1 saturated carbocycles. The maximum Gasteiger partial charge on any atom is 0.407 e. The lowest BCUT2D eigenvalue weighted by atomic mass is 9.91. The molecule has 1 aliphatic carbocycles. The first-order valence-electron chi connectivity index (χ1n) is 11.3. The lowest BCUT2D eigenvalue weighted by Gasteiger charge is -2.30. The number of ether oxygens (including phenoxy) is 1. The second-order valence-electron chi connectivity index (χ2n) is 9.62. The van der Waals surface area contributed by atoms with Crippen molar-refractivity contribution in [1.82, 2.24) is 35.0 Å². The third-order valence-electron chi connectivity index (χ3n) is 6.03. The summed E-state index contributed by atoms with van der Waals surface area (Å²) in [6.07, 6.45) is 6.02. The molecule has 4 N–H and O–H groups in total. The Hall–Kier alpha value is -3.40. The molecule has 1 fully saturated rings. The Balaban J connectivity index is 1.44. The third kappa shape index (κ3) is 4.13. The molecule has 34 heavy (non-hydrogen) atoms. The number of aromatic amines is 1. The lowest BCUT2D eigenvalue weighted by Crippen LogP contribution is -2.41. The molecule has 5 rings (SSSR count). The van der Waals surface area contributed by atoms with E-state index in [1.165, 1.54) is 6.33 Å². The molecule has 0 atom stereocenters. The topological polar surface area (TPSA) is 137 Å². The molecule has 178 valence electrons. The molecule has 10 nitrogen and oxygen atoms in total. The van der Waals surface area contributed by atoms with Crippen LogP contribution in [-0.2, 0) is 4.74 Å². The summed E-state index contributed by atoms with van der Waals surface area (Å²) in [5.74, 6) is 0.342. The highest BCUT2D eigenvalue weighted by atomic mass is 35.5. The smallest absolute Gasteiger partial charge is 0.407 e. The van der Waals surface area contributed by atoms with Crippen LogP contribution in [0, 0.1) is 0 Å². The Bertz CT molecular complexity index is 1360. The number of hydrogen-bond donors (Lipinski definition) is 3. The van der Waals surface area contributed by atoms with Crippen LogP contribution in [0.25, 0.3) is 33.5 Å². The predicted octanol–water partition coefficient (Wildman–Crippen LogP) is 4.61. The zero-order valence-electron chi connectivity index (χ0n) is 19.3. The number of carbonyl (C=O) groups excluding carboxylic acids is 1. The van der Waals surface area contributed by atoms with Crippen molar-refractivity contribution in [3.05, 3.63) is 29.7 Å². The van der Waals surface area contributed by atoms with E-state index in [0.717, 1.165) is 31.1 Å². The van der Waals surface area contributed by atoms with Gasteiger partial charge in [-0.25, -0.2) is 24.4 Å². The molecule has 4 aromatic heterocycles.